The van der Waals surface area contributed by atoms with E-state index in [1.165, 1.54) is 7.05 Å². The van der Waals surface area contributed by atoms with E-state index < -0.39 is 9.24 Å². The molecule has 1 heterocycles. The van der Waals surface area contributed by atoms with Crippen molar-refractivity contribution in [1.82, 2.24) is 4.31 Å². The Hall–Kier alpha value is 0.160. The molecule has 1 aliphatic heterocycles. The van der Waals surface area contributed by atoms with Crippen molar-refractivity contribution in [1.29, 1.82) is 0 Å². The molecule has 72 valence electrons. The highest BCUT2D eigenvalue weighted by Gasteiger charge is 2.33. The van der Waals surface area contributed by atoms with Gasteiger partial charge in [0, 0.05) is 24.3 Å². The first-order valence-corrected chi connectivity index (χ1v) is 5.99. The Morgan fingerprint density at radius 3 is 2.50 bits per heavy atom. The third-order valence-electron chi connectivity index (χ3n) is 2.15. The zero-order valence-corrected chi connectivity index (χ0v) is 8.60. The Bertz CT molecular complexity index is 254. The lowest BCUT2D eigenvalue weighted by molar-refractivity contribution is 0.102. The molecule has 4 nitrogen and oxygen atoms in total. The molecular weight excluding hydrogens is 202 g/mol. The van der Waals surface area contributed by atoms with Gasteiger partial charge in [-0.3, -0.25) is 0 Å². The molecule has 1 saturated heterocycles. The fraction of sp³-hybridized carbons (Fsp3) is 1.00. The van der Waals surface area contributed by atoms with Crippen LogP contribution in [0.2, 0.25) is 0 Å². The number of likely N-dealkylation sites (N-methyl/N-ethyl adjacent to an activating group) is 1. The van der Waals surface area contributed by atoms with Gasteiger partial charge in [-0.25, -0.2) is 0 Å². The van der Waals surface area contributed by atoms with Gasteiger partial charge in [0.2, 0.25) is 0 Å². The maximum Gasteiger partial charge on any atom is 0.299 e. The van der Waals surface area contributed by atoms with Gasteiger partial charge in [0.15, 0.2) is 0 Å². The Kier molecular flexibility index (Phi) is 2.98. The highest BCUT2D eigenvalue weighted by atomic mass is 35.7. The number of nitrogens with zero attached hydrogens (tertiary/aromatic N) is 1. The fourth-order valence-corrected chi connectivity index (χ4v) is 2.27. The summed E-state index contributed by atoms with van der Waals surface area (Å²) in [6.45, 7) is 2.44. The first kappa shape index (κ1) is 10.2. The van der Waals surface area contributed by atoms with Crippen LogP contribution in [-0.2, 0) is 14.0 Å². The summed E-state index contributed by atoms with van der Waals surface area (Å²) in [5, 5.41) is 0. The first-order valence-electron chi connectivity index (χ1n) is 3.72. The number of ether oxygens (including phenoxy) is 1. The number of halogens is 1. The summed E-state index contributed by atoms with van der Waals surface area (Å²) < 4.78 is 28.2. The maximum absolute atomic E-state index is 10.9. The molecule has 1 aliphatic rings. The predicted octanol–water partition coefficient (Wildman–Crippen LogP) is 0.579. The van der Waals surface area contributed by atoms with Crippen LogP contribution in [-0.4, -0.2) is 38.5 Å². The van der Waals surface area contributed by atoms with Crippen LogP contribution in [0.1, 0.15) is 13.3 Å². The van der Waals surface area contributed by atoms with Crippen LogP contribution < -0.4 is 0 Å². The Balaban J connectivity index is 2.70. The van der Waals surface area contributed by atoms with Gasteiger partial charge < -0.3 is 4.74 Å². The SMILES string of the molecule is CC1OCCC1N(C)S(=O)(=O)Cl. The van der Waals surface area contributed by atoms with Crippen molar-refractivity contribution in [2.45, 2.75) is 25.5 Å². The van der Waals surface area contributed by atoms with Crippen molar-refractivity contribution in [2.75, 3.05) is 13.7 Å². The molecule has 0 N–H and O–H groups in total. The summed E-state index contributed by atoms with van der Waals surface area (Å²) in [7, 11) is 3.05. The molecular formula is C6H12ClNO3S. The van der Waals surface area contributed by atoms with Crippen molar-refractivity contribution in [2.24, 2.45) is 0 Å². The quantitative estimate of drug-likeness (QED) is 0.631. The molecule has 6 heteroatoms. The van der Waals surface area contributed by atoms with E-state index in [1.807, 2.05) is 6.92 Å². The van der Waals surface area contributed by atoms with Gasteiger partial charge in [-0.15, -0.1) is 0 Å². The van der Waals surface area contributed by atoms with Crippen molar-refractivity contribution in [3.05, 3.63) is 0 Å². The average molecular weight is 214 g/mol. The molecule has 0 amide bonds. The fourth-order valence-electron chi connectivity index (χ4n) is 1.36. The molecule has 1 fully saturated rings. The molecule has 2 atom stereocenters. The van der Waals surface area contributed by atoms with E-state index in [0.29, 0.717) is 13.0 Å². The van der Waals surface area contributed by atoms with E-state index in [2.05, 4.69) is 0 Å². The summed E-state index contributed by atoms with van der Waals surface area (Å²) in [5.74, 6) is 0. The summed E-state index contributed by atoms with van der Waals surface area (Å²) in [5.41, 5.74) is 0. The standard InChI is InChI=1S/C6H12ClNO3S/c1-5-6(3-4-11-5)8(2)12(7,9)10/h5-6H,3-4H2,1-2H3. The first-order chi connectivity index (χ1) is 5.43. The normalized spacial score (nSPS) is 31.3. The van der Waals surface area contributed by atoms with E-state index in [0.717, 1.165) is 4.31 Å². The van der Waals surface area contributed by atoms with E-state index >= 15 is 0 Å². The minimum absolute atomic E-state index is 0.0662. The van der Waals surface area contributed by atoms with Crippen LogP contribution in [0.5, 0.6) is 0 Å². The van der Waals surface area contributed by atoms with Gasteiger partial charge in [0.1, 0.15) is 0 Å². The van der Waals surface area contributed by atoms with Crippen molar-refractivity contribution >= 4 is 19.9 Å². The Labute approximate surface area is 77.0 Å². The molecule has 0 saturated carbocycles. The molecule has 0 radical (unpaired) electrons. The van der Waals surface area contributed by atoms with Gasteiger partial charge in [-0.2, -0.15) is 12.7 Å². The zero-order valence-electron chi connectivity index (χ0n) is 7.03. The maximum atomic E-state index is 10.9. The molecule has 0 bridgehead atoms. The molecule has 0 aromatic rings. The molecule has 0 spiro atoms. The summed E-state index contributed by atoms with van der Waals surface area (Å²) in [4.78, 5) is 0. The molecule has 2 unspecified atom stereocenters. The van der Waals surface area contributed by atoms with Crippen molar-refractivity contribution < 1.29 is 13.2 Å². The Morgan fingerprint density at radius 2 is 2.17 bits per heavy atom. The number of rotatable bonds is 2. The Morgan fingerprint density at radius 1 is 1.58 bits per heavy atom. The summed E-state index contributed by atoms with van der Waals surface area (Å²) in [6.07, 6.45) is 0.646. The topological polar surface area (TPSA) is 46.6 Å². The van der Waals surface area contributed by atoms with Gasteiger partial charge in [0.25, 0.3) is 9.24 Å². The van der Waals surface area contributed by atoms with E-state index in [1.54, 1.807) is 0 Å². The van der Waals surface area contributed by atoms with Crippen LogP contribution in [0.25, 0.3) is 0 Å². The summed E-state index contributed by atoms with van der Waals surface area (Å²) in [6, 6.07) is -0.118. The average Bonchev–Trinajstić information content (AvgIpc) is 2.31. The smallest absolute Gasteiger partial charge is 0.299 e. The second-order valence-electron chi connectivity index (χ2n) is 2.89. The van der Waals surface area contributed by atoms with Gasteiger partial charge >= 0.3 is 0 Å². The van der Waals surface area contributed by atoms with E-state index in [4.69, 9.17) is 15.4 Å². The lowest BCUT2D eigenvalue weighted by Crippen LogP contribution is -2.38. The lowest BCUT2D eigenvalue weighted by Gasteiger charge is -2.22. The molecule has 12 heavy (non-hydrogen) atoms. The number of hydrogen-bond acceptors (Lipinski definition) is 3. The van der Waals surface area contributed by atoms with Crippen LogP contribution in [0.15, 0.2) is 0 Å². The monoisotopic (exact) mass is 213 g/mol. The van der Waals surface area contributed by atoms with Gasteiger partial charge in [-0.05, 0) is 13.3 Å². The minimum Gasteiger partial charge on any atom is -0.377 e. The highest BCUT2D eigenvalue weighted by Crippen LogP contribution is 2.21. The minimum atomic E-state index is -3.59. The molecule has 1 rings (SSSR count). The van der Waals surface area contributed by atoms with Gasteiger partial charge in [-0.1, -0.05) is 0 Å². The van der Waals surface area contributed by atoms with Crippen molar-refractivity contribution in [3.8, 4) is 0 Å². The zero-order chi connectivity index (χ0) is 9.35. The predicted molar refractivity (Wildman–Crippen MR) is 46.4 cm³/mol. The summed E-state index contributed by atoms with van der Waals surface area (Å²) >= 11 is 0. The third kappa shape index (κ3) is 2.10. The van der Waals surface area contributed by atoms with Crippen molar-refractivity contribution in [3.63, 3.8) is 0 Å². The molecule has 0 aromatic carbocycles. The van der Waals surface area contributed by atoms with Crippen LogP contribution in [0.4, 0.5) is 0 Å². The van der Waals surface area contributed by atoms with Gasteiger partial charge in [0.05, 0.1) is 12.1 Å². The van der Waals surface area contributed by atoms with E-state index in [-0.39, 0.29) is 12.1 Å². The number of hydrogen-bond donors (Lipinski definition) is 0. The third-order valence-corrected chi connectivity index (χ3v) is 3.76. The molecule has 0 aliphatic carbocycles. The lowest BCUT2D eigenvalue weighted by atomic mass is 10.2. The largest absolute Gasteiger partial charge is 0.377 e. The molecule has 0 aromatic heterocycles. The van der Waals surface area contributed by atoms with E-state index in [9.17, 15) is 8.42 Å². The highest BCUT2D eigenvalue weighted by molar-refractivity contribution is 8.11. The van der Waals surface area contributed by atoms with Crippen LogP contribution in [0, 0.1) is 0 Å². The second kappa shape index (κ2) is 3.49. The van der Waals surface area contributed by atoms with Crippen LogP contribution in [0.3, 0.4) is 0 Å². The van der Waals surface area contributed by atoms with Crippen LogP contribution >= 0.6 is 10.7 Å². The second-order valence-corrected chi connectivity index (χ2v) is 5.46.